The molecule has 1 aliphatic heterocycles. The van der Waals surface area contributed by atoms with Crippen LogP contribution in [-0.2, 0) is 14.8 Å². The molecule has 0 bridgehead atoms. The van der Waals surface area contributed by atoms with E-state index in [4.69, 9.17) is 4.74 Å². The lowest BCUT2D eigenvalue weighted by Crippen LogP contribution is -2.40. The van der Waals surface area contributed by atoms with Gasteiger partial charge in [-0.25, -0.2) is 12.8 Å². The van der Waals surface area contributed by atoms with Crippen molar-refractivity contribution in [3.63, 3.8) is 0 Å². The van der Waals surface area contributed by atoms with Gasteiger partial charge in [-0.05, 0) is 30.3 Å². The Morgan fingerprint density at radius 1 is 1.12 bits per heavy atom. The van der Waals surface area contributed by atoms with E-state index in [0.717, 1.165) is 16.4 Å². The minimum Gasteiger partial charge on any atom is -0.495 e. The summed E-state index contributed by atoms with van der Waals surface area (Å²) in [5.74, 6) is -1.15. The number of non-ortho nitro benzene ring substituents is 1. The van der Waals surface area contributed by atoms with E-state index < -0.39 is 33.2 Å². The zero-order valence-corrected chi connectivity index (χ0v) is 17.4. The predicted molar refractivity (Wildman–Crippen MR) is 115 cm³/mol. The first-order valence-corrected chi connectivity index (χ1v) is 10.7. The molecule has 1 N–H and O–H groups in total. The Balaban J connectivity index is 1.72. The molecule has 0 saturated carbocycles. The molecule has 32 heavy (non-hydrogen) atoms. The molecule has 0 unspecified atom stereocenters. The first-order chi connectivity index (χ1) is 15.2. The first kappa shape index (κ1) is 21.2. The third-order valence-electron chi connectivity index (χ3n) is 4.93. The summed E-state index contributed by atoms with van der Waals surface area (Å²) in [7, 11) is -2.80. The van der Waals surface area contributed by atoms with E-state index in [-0.39, 0.29) is 27.7 Å². The number of hydrogen-bond donors (Lipinski definition) is 1. The second kappa shape index (κ2) is 7.93. The van der Waals surface area contributed by atoms with Gasteiger partial charge >= 0.3 is 0 Å². The number of fused-ring (bicyclic) bond motifs is 3. The van der Waals surface area contributed by atoms with Crippen LogP contribution in [0.5, 0.6) is 5.75 Å². The van der Waals surface area contributed by atoms with Crippen LogP contribution >= 0.6 is 0 Å². The number of methoxy groups -OCH3 is 1. The average molecular weight is 457 g/mol. The second-order valence-electron chi connectivity index (χ2n) is 6.86. The number of carbonyl (C=O) groups excluding carboxylic acids is 1. The molecule has 9 nitrogen and oxygen atoms in total. The summed E-state index contributed by atoms with van der Waals surface area (Å²) in [5.41, 5.74) is 0.545. The topological polar surface area (TPSA) is 119 Å². The number of benzene rings is 3. The van der Waals surface area contributed by atoms with Crippen molar-refractivity contribution in [3.8, 4) is 16.9 Å². The Morgan fingerprint density at radius 2 is 1.88 bits per heavy atom. The molecule has 0 saturated heterocycles. The fourth-order valence-electron chi connectivity index (χ4n) is 3.50. The van der Waals surface area contributed by atoms with Crippen molar-refractivity contribution < 1.29 is 27.3 Å². The molecule has 1 heterocycles. The number of rotatable bonds is 5. The summed E-state index contributed by atoms with van der Waals surface area (Å²) in [5, 5.41) is 13.5. The maximum absolute atomic E-state index is 13.9. The molecule has 0 radical (unpaired) electrons. The maximum atomic E-state index is 13.9. The smallest absolute Gasteiger partial charge is 0.271 e. The number of anilines is 2. The lowest BCUT2D eigenvalue weighted by molar-refractivity contribution is -0.384. The second-order valence-corrected chi connectivity index (χ2v) is 8.69. The summed E-state index contributed by atoms with van der Waals surface area (Å²) < 4.78 is 46.4. The highest BCUT2D eigenvalue weighted by Crippen LogP contribution is 2.43. The molecule has 11 heteroatoms. The van der Waals surface area contributed by atoms with Gasteiger partial charge in [-0.2, -0.15) is 0 Å². The van der Waals surface area contributed by atoms with Gasteiger partial charge in [0.25, 0.3) is 15.7 Å². The molecular formula is C21H16FN3O6S. The summed E-state index contributed by atoms with van der Waals surface area (Å²) >= 11 is 0. The summed E-state index contributed by atoms with van der Waals surface area (Å²) in [4.78, 5) is 23.2. The van der Waals surface area contributed by atoms with E-state index in [9.17, 15) is 27.7 Å². The van der Waals surface area contributed by atoms with Crippen LogP contribution in [0, 0.1) is 15.9 Å². The van der Waals surface area contributed by atoms with E-state index in [0.29, 0.717) is 11.1 Å². The van der Waals surface area contributed by atoms with E-state index >= 15 is 0 Å². The molecule has 3 aromatic carbocycles. The molecular weight excluding hydrogens is 441 g/mol. The van der Waals surface area contributed by atoms with Crippen LogP contribution in [0.25, 0.3) is 11.1 Å². The Kier molecular flexibility index (Phi) is 5.26. The van der Waals surface area contributed by atoms with Gasteiger partial charge in [0.1, 0.15) is 18.1 Å². The molecule has 0 atom stereocenters. The van der Waals surface area contributed by atoms with Crippen molar-refractivity contribution in [2.24, 2.45) is 0 Å². The van der Waals surface area contributed by atoms with Gasteiger partial charge in [0.2, 0.25) is 5.91 Å². The van der Waals surface area contributed by atoms with Gasteiger partial charge in [-0.15, -0.1) is 0 Å². The van der Waals surface area contributed by atoms with Gasteiger partial charge in [0.05, 0.1) is 28.3 Å². The molecule has 1 amide bonds. The Bertz CT molecular complexity index is 1360. The SMILES string of the molecule is COc1ccc([N+](=O)[O-])cc1NC(=O)CN1c2ccc(F)cc2-c2ccccc2S1(=O)=O. The fourth-order valence-corrected chi connectivity index (χ4v) is 5.15. The average Bonchev–Trinajstić information content (AvgIpc) is 2.77. The number of ether oxygens (including phenoxy) is 1. The number of hydrogen-bond acceptors (Lipinski definition) is 6. The molecule has 0 aliphatic carbocycles. The van der Waals surface area contributed by atoms with Crippen LogP contribution in [0.1, 0.15) is 0 Å². The lowest BCUT2D eigenvalue weighted by atomic mass is 10.0. The first-order valence-electron chi connectivity index (χ1n) is 9.26. The standard InChI is InChI=1S/C21H16FN3O6S/c1-31-19-9-7-14(25(27)28)11-17(19)23-21(26)12-24-18-8-6-13(22)10-16(18)15-4-2-3-5-20(15)32(24,29)30/h2-11H,12H2,1H3,(H,23,26). The maximum Gasteiger partial charge on any atom is 0.271 e. The Hall–Kier alpha value is -3.99. The van der Waals surface area contributed by atoms with Crippen molar-refractivity contribution in [1.29, 1.82) is 0 Å². The normalized spacial score (nSPS) is 13.6. The molecule has 0 spiro atoms. The van der Waals surface area contributed by atoms with Crippen molar-refractivity contribution in [2.45, 2.75) is 4.90 Å². The van der Waals surface area contributed by atoms with Crippen molar-refractivity contribution in [2.75, 3.05) is 23.3 Å². The van der Waals surface area contributed by atoms with Crippen LogP contribution < -0.4 is 14.4 Å². The minimum atomic E-state index is -4.12. The summed E-state index contributed by atoms with van der Waals surface area (Å²) in [6, 6.07) is 13.4. The van der Waals surface area contributed by atoms with Crippen LogP contribution in [0.2, 0.25) is 0 Å². The van der Waals surface area contributed by atoms with Gasteiger partial charge in [0.15, 0.2) is 0 Å². The largest absolute Gasteiger partial charge is 0.495 e. The molecule has 0 aromatic heterocycles. The highest BCUT2D eigenvalue weighted by molar-refractivity contribution is 7.93. The number of sulfonamides is 1. The van der Waals surface area contributed by atoms with Crippen LogP contribution in [0.4, 0.5) is 21.5 Å². The third kappa shape index (κ3) is 3.62. The van der Waals surface area contributed by atoms with E-state index in [1.165, 1.54) is 43.5 Å². The number of nitrogens with one attached hydrogen (secondary N) is 1. The predicted octanol–water partition coefficient (Wildman–Crippen LogP) is 3.56. The van der Waals surface area contributed by atoms with E-state index in [1.54, 1.807) is 12.1 Å². The summed E-state index contributed by atoms with van der Waals surface area (Å²) in [6.07, 6.45) is 0. The van der Waals surface area contributed by atoms with Crippen LogP contribution in [0.3, 0.4) is 0 Å². The fraction of sp³-hybridized carbons (Fsp3) is 0.0952. The minimum absolute atomic E-state index is 0.0147. The molecule has 164 valence electrons. The van der Waals surface area contributed by atoms with E-state index in [2.05, 4.69) is 5.32 Å². The monoisotopic (exact) mass is 457 g/mol. The molecule has 4 rings (SSSR count). The summed E-state index contributed by atoms with van der Waals surface area (Å²) in [6.45, 7) is -0.638. The van der Waals surface area contributed by atoms with Crippen molar-refractivity contribution >= 4 is 33.0 Å². The Labute approximate surface area is 182 Å². The number of halogens is 1. The molecule has 1 aliphatic rings. The number of nitro groups is 1. The quantitative estimate of drug-likeness (QED) is 0.462. The van der Waals surface area contributed by atoms with Gasteiger partial charge in [0, 0.05) is 23.3 Å². The zero-order chi connectivity index (χ0) is 23.0. The molecule has 3 aromatic rings. The van der Waals surface area contributed by atoms with Crippen LogP contribution in [0.15, 0.2) is 65.6 Å². The highest BCUT2D eigenvalue weighted by Gasteiger charge is 2.36. The number of nitro benzene ring substituents is 1. The number of amides is 1. The number of nitrogens with zero attached hydrogens (tertiary/aromatic N) is 2. The van der Waals surface area contributed by atoms with E-state index in [1.807, 2.05) is 0 Å². The third-order valence-corrected chi connectivity index (χ3v) is 6.75. The van der Waals surface area contributed by atoms with Gasteiger partial charge < -0.3 is 10.1 Å². The lowest BCUT2D eigenvalue weighted by Gasteiger charge is -2.31. The molecule has 0 fully saturated rings. The Morgan fingerprint density at radius 3 is 2.59 bits per heavy atom. The number of carbonyl (C=O) groups is 1. The van der Waals surface area contributed by atoms with Crippen molar-refractivity contribution in [3.05, 3.63) is 76.6 Å². The van der Waals surface area contributed by atoms with Crippen LogP contribution in [-0.4, -0.2) is 32.9 Å². The van der Waals surface area contributed by atoms with Crippen molar-refractivity contribution in [1.82, 2.24) is 0 Å². The zero-order valence-electron chi connectivity index (χ0n) is 16.6. The highest BCUT2D eigenvalue weighted by atomic mass is 32.2. The van der Waals surface area contributed by atoms with Gasteiger partial charge in [-0.1, -0.05) is 18.2 Å². The van der Waals surface area contributed by atoms with Gasteiger partial charge in [-0.3, -0.25) is 19.2 Å².